The van der Waals surface area contributed by atoms with Crippen molar-refractivity contribution in [3.8, 4) is 0 Å². The summed E-state index contributed by atoms with van der Waals surface area (Å²) < 4.78 is 22.9. The van der Waals surface area contributed by atoms with E-state index < -0.39 is 24.3 Å². The normalized spacial score (nSPS) is 12.8. The summed E-state index contributed by atoms with van der Waals surface area (Å²) in [7, 11) is 5.95. The maximum atomic E-state index is 13.0. The van der Waals surface area contributed by atoms with Crippen LogP contribution in [0.15, 0.2) is 36.5 Å². The Morgan fingerprint density at radius 2 is 0.607 bits per heavy atom. The van der Waals surface area contributed by atoms with E-state index in [1.165, 1.54) is 327 Å². The lowest BCUT2D eigenvalue weighted by Gasteiger charge is -2.26. The number of likely N-dealkylation sites (N-methyl/N-ethyl adjacent to an activating group) is 1. The Kier molecular flexibility index (Phi) is 69.4. The van der Waals surface area contributed by atoms with Gasteiger partial charge in [-0.25, -0.2) is 0 Å². The van der Waals surface area contributed by atoms with E-state index in [1.54, 1.807) is 0 Å². The molecule has 0 aliphatic carbocycles. The zero-order valence-electron chi connectivity index (χ0n) is 60.1. The smallest absolute Gasteiger partial charge is 0.306 e. The van der Waals surface area contributed by atoms with Gasteiger partial charge in [0, 0.05) is 12.8 Å². The van der Waals surface area contributed by atoms with Crippen LogP contribution in [0.1, 0.15) is 399 Å². The highest BCUT2D eigenvalue weighted by Crippen LogP contribution is 2.19. The average Bonchev–Trinajstić information content (AvgIpc) is 3.71. The molecule has 0 rings (SSSR count). The van der Waals surface area contributed by atoms with Gasteiger partial charge in [0.05, 0.1) is 40.3 Å². The molecule has 89 heavy (non-hydrogen) atoms. The van der Waals surface area contributed by atoms with E-state index in [2.05, 4.69) is 50.3 Å². The van der Waals surface area contributed by atoms with Gasteiger partial charge < -0.3 is 33.3 Å². The molecule has 2 unspecified atom stereocenters. The first kappa shape index (κ1) is 86.5. The Morgan fingerprint density at radius 1 is 0.337 bits per heavy atom. The quantitative estimate of drug-likeness (QED) is 0.0195. The van der Waals surface area contributed by atoms with Crippen molar-refractivity contribution in [1.82, 2.24) is 0 Å². The highest BCUT2D eigenvalue weighted by atomic mass is 16.7. The van der Waals surface area contributed by atoms with Crippen LogP contribution < -0.4 is 5.11 Å². The number of carbonyl (C=O) groups is 3. The van der Waals surface area contributed by atoms with Crippen LogP contribution in [-0.4, -0.2) is 82.3 Å². The molecule has 2 atom stereocenters. The summed E-state index contributed by atoms with van der Waals surface area (Å²) in [5.74, 6) is -2.25. The van der Waals surface area contributed by atoms with E-state index in [0.717, 1.165) is 44.9 Å². The molecule has 9 nitrogen and oxygen atoms in total. The van der Waals surface area contributed by atoms with Gasteiger partial charge in [-0.2, -0.15) is 0 Å². The SMILES string of the molecule is CCCCCCC/C=C\C/C=C\CCCCCCCCCCCCCCCCCCCC(=O)OC(COC(=O)CCCCCCCCCCCCCCCCCCCCCCCCC/C=C\CCCCCCCCCC)COC(OCC[N+](C)(C)C)C(=O)[O-]. The molecule has 0 N–H and O–H groups in total. The standard InChI is InChI=1S/C80H151NO8/c1-6-8-10-12-14-16-18-20-22-24-26-28-30-32-34-36-37-38-39-40-41-43-44-46-48-50-52-54-56-58-60-62-64-66-68-70-77(82)87-74-76(75-88-80(79(84)85)86-73-72-81(3,4)5)89-78(83)71-69-67-65-63-61-59-57-55-53-51-49-47-45-42-35-33-31-29-27-25-23-21-19-17-15-13-11-9-7-2/h19,21,24-27,76,80H,6-18,20,22-23,28-75H2,1-5H3/b21-19-,26-24-,27-25-. The minimum atomic E-state index is -1.62. The maximum absolute atomic E-state index is 13.0. The third kappa shape index (κ3) is 72.8. The molecule has 0 fully saturated rings. The fourth-order valence-electron chi connectivity index (χ4n) is 11.9. The van der Waals surface area contributed by atoms with Crippen molar-refractivity contribution in [1.29, 1.82) is 0 Å². The summed E-state index contributed by atoms with van der Waals surface area (Å²) >= 11 is 0. The fraction of sp³-hybridized carbons (Fsp3) is 0.887. The number of aliphatic carboxylic acids is 1. The molecule has 9 heteroatoms. The van der Waals surface area contributed by atoms with Gasteiger partial charge in [0.25, 0.3) is 0 Å². The van der Waals surface area contributed by atoms with Crippen LogP contribution in [0, 0.1) is 0 Å². The Balaban J connectivity index is 3.98. The Labute approximate surface area is 553 Å². The number of ether oxygens (including phenoxy) is 4. The van der Waals surface area contributed by atoms with Gasteiger partial charge in [-0.3, -0.25) is 9.59 Å². The molecular formula is C80H151NO8. The second kappa shape index (κ2) is 71.4. The minimum Gasteiger partial charge on any atom is -0.545 e. The molecule has 0 heterocycles. The molecular weight excluding hydrogens is 1100 g/mol. The summed E-state index contributed by atoms with van der Waals surface area (Å²) in [6.45, 7) is 4.81. The zero-order chi connectivity index (χ0) is 64.7. The molecule has 0 aliphatic heterocycles. The predicted molar refractivity (Wildman–Crippen MR) is 380 cm³/mol. The largest absolute Gasteiger partial charge is 0.545 e. The van der Waals surface area contributed by atoms with Gasteiger partial charge in [0.2, 0.25) is 0 Å². The average molecular weight is 1260 g/mol. The van der Waals surface area contributed by atoms with Crippen molar-refractivity contribution < 1.29 is 42.9 Å². The van der Waals surface area contributed by atoms with Crippen molar-refractivity contribution in [2.75, 3.05) is 47.5 Å². The second-order valence-corrected chi connectivity index (χ2v) is 28.0. The van der Waals surface area contributed by atoms with E-state index in [9.17, 15) is 19.5 Å². The Morgan fingerprint density at radius 3 is 0.899 bits per heavy atom. The lowest BCUT2D eigenvalue weighted by Crippen LogP contribution is -2.44. The number of unbranched alkanes of at least 4 members (excludes halogenated alkanes) is 53. The van der Waals surface area contributed by atoms with Gasteiger partial charge in [-0.1, -0.05) is 352 Å². The first-order chi connectivity index (χ1) is 43.6. The zero-order valence-corrected chi connectivity index (χ0v) is 60.1. The van der Waals surface area contributed by atoms with Gasteiger partial charge in [-0.15, -0.1) is 0 Å². The van der Waals surface area contributed by atoms with Crippen molar-refractivity contribution in [2.24, 2.45) is 0 Å². The molecule has 0 bridgehead atoms. The number of carbonyl (C=O) groups excluding carboxylic acids is 3. The summed E-state index contributed by atoms with van der Waals surface area (Å²) in [6.07, 6.45) is 88.4. The van der Waals surface area contributed by atoms with Crippen molar-refractivity contribution >= 4 is 17.9 Å². The predicted octanol–water partition coefficient (Wildman–Crippen LogP) is 23.4. The molecule has 0 spiro atoms. The van der Waals surface area contributed by atoms with Gasteiger partial charge >= 0.3 is 11.9 Å². The number of esters is 2. The van der Waals surface area contributed by atoms with Gasteiger partial charge in [0.15, 0.2) is 12.4 Å². The first-order valence-corrected chi connectivity index (χ1v) is 39.1. The van der Waals surface area contributed by atoms with Gasteiger partial charge in [-0.05, 0) is 70.6 Å². The summed E-state index contributed by atoms with van der Waals surface area (Å²) in [4.78, 5) is 37.6. The molecule has 0 amide bonds. The maximum Gasteiger partial charge on any atom is 0.306 e. The summed E-state index contributed by atoms with van der Waals surface area (Å²) in [5.41, 5.74) is 0. The van der Waals surface area contributed by atoms with Gasteiger partial charge in [0.1, 0.15) is 13.2 Å². The van der Waals surface area contributed by atoms with E-state index in [0.29, 0.717) is 17.4 Å². The van der Waals surface area contributed by atoms with E-state index in [-0.39, 0.29) is 32.2 Å². The van der Waals surface area contributed by atoms with Crippen molar-refractivity contribution in [3.05, 3.63) is 36.5 Å². The van der Waals surface area contributed by atoms with E-state index in [1.807, 2.05) is 21.1 Å². The third-order valence-electron chi connectivity index (χ3n) is 17.9. The van der Waals surface area contributed by atoms with Crippen molar-refractivity contribution in [3.63, 3.8) is 0 Å². The molecule has 0 saturated carbocycles. The molecule has 0 aliphatic rings. The van der Waals surface area contributed by atoms with Crippen molar-refractivity contribution in [2.45, 2.75) is 411 Å². The lowest BCUT2D eigenvalue weighted by atomic mass is 10.0. The molecule has 0 aromatic heterocycles. The lowest BCUT2D eigenvalue weighted by molar-refractivity contribution is -0.870. The second-order valence-electron chi connectivity index (χ2n) is 28.0. The van der Waals surface area contributed by atoms with Crippen LogP contribution in [0.25, 0.3) is 0 Å². The molecule has 524 valence electrons. The van der Waals surface area contributed by atoms with E-state index in [4.69, 9.17) is 18.9 Å². The molecule has 0 saturated heterocycles. The number of carboxylic acid groups (broad SMARTS) is 1. The fourth-order valence-corrected chi connectivity index (χ4v) is 11.9. The molecule has 0 aromatic rings. The molecule has 0 aromatic carbocycles. The number of allylic oxidation sites excluding steroid dienone is 6. The van der Waals surface area contributed by atoms with Crippen LogP contribution in [0.5, 0.6) is 0 Å². The van der Waals surface area contributed by atoms with Crippen LogP contribution in [-0.2, 0) is 33.3 Å². The first-order valence-electron chi connectivity index (χ1n) is 39.1. The highest BCUT2D eigenvalue weighted by Gasteiger charge is 2.22. The van der Waals surface area contributed by atoms with Crippen LogP contribution in [0.3, 0.4) is 0 Å². The number of carboxylic acids is 1. The Bertz CT molecular complexity index is 1550. The molecule has 0 radical (unpaired) electrons. The number of hydrogen-bond acceptors (Lipinski definition) is 8. The number of nitrogens with zero attached hydrogens (tertiary/aromatic N) is 1. The monoisotopic (exact) mass is 1250 g/mol. The highest BCUT2D eigenvalue weighted by molar-refractivity contribution is 5.70. The van der Waals surface area contributed by atoms with Crippen LogP contribution in [0.4, 0.5) is 0 Å². The number of hydrogen-bond donors (Lipinski definition) is 0. The minimum absolute atomic E-state index is 0.151. The Hall–Kier alpha value is -2.49. The van der Waals surface area contributed by atoms with E-state index >= 15 is 0 Å². The van der Waals surface area contributed by atoms with Crippen LogP contribution in [0.2, 0.25) is 0 Å². The summed E-state index contributed by atoms with van der Waals surface area (Å²) in [5, 5.41) is 11.8. The number of rotatable bonds is 74. The van der Waals surface area contributed by atoms with Crippen LogP contribution >= 0.6 is 0 Å². The third-order valence-corrected chi connectivity index (χ3v) is 17.9. The summed E-state index contributed by atoms with van der Waals surface area (Å²) in [6, 6.07) is 0. The topological polar surface area (TPSA) is 111 Å². The number of quaternary nitrogens is 1.